The molecular formula is C22H19N7O2. The molecule has 0 bridgehead atoms. The Bertz CT molecular complexity index is 1390. The number of hydrogen-bond acceptors (Lipinski definition) is 8. The van der Waals surface area contributed by atoms with Gasteiger partial charge in [0.2, 0.25) is 5.95 Å². The minimum atomic E-state index is 0.0266. The smallest absolute Gasteiger partial charge is 0.234 e. The summed E-state index contributed by atoms with van der Waals surface area (Å²) in [6.45, 7) is 3.14. The van der Waals surface area contributed by atoms with Crippen LogP contribution < -0.4 is 10.1 Å². The van der Waals surface area contributed by atoms with Crippen LogP contribution in [-0.4, -0.2) is 37.5 Å². The number of aromatic nitrogens is 4. The van der Waals surface area contributed by atoms with Gasteiger partial charge in [-0.25, -0.2) is 0 Å². The Morgan fingerprint density at radius 3 is 2.55 bits per heavy atom. The maximum atomic E-state index is 10.1. The molecule has 4 rings (SSSR count). The van der Waals surface area contributed by atoms with Crippen LogP contribution in [0.1, 0.15) is 25.0 Å². The van der Waals surface area contributed by atoms with Crippen LogP contribution in [0.5, 0.6) is 5.75 Å². The van der Waals surface area contributed by atoms with E-state index in [1.807, 2.05) is 0 Å². The third-order valence-corrected chi connectivity index (χ3v) is 4.82. The fourth-order valence-corrected chi connectivity index (χ4v) is 3.46. The van der Waals surface area contributed by atoms with Gasteiger partial charge >= 0.3 is 0 Å². The molecule has 0 radical (unpaired) electrons. The number of anilines is 2. The summed E-state index contributed by atoms with van der Waals surface area (Å²) < 4.78 is 7.37. The summed E-state index contributed by atoms with van der Waals surface area (Å²) in [6, 6.07) is 12.6. The maximum absolute atomic E-state index is 10.1. The van der Waals surface area contributed by atoms with Crippen molar-refractivity contribution in [2.24, 2.45) is 0 Å². The van der Waals surface area contributed by atoms with Gasteiger partial charge in [0, 0.05) is 28.6 Å². The molecule has 0 aliphatic heterocycles. The van der Waals surface area contributed by atoms with E-state index in [0.29, 0.717) is 45.1 Å². The van der Waals surface area contributed by atoms with E-state index < -0.39 is 0 Å². The maximum Gasteiger partial charge on any atom is 0.234 e. The van der Waals surface area contributed by atoms with Crippen molar-refractivity contribution in [1.29, 1.82) is 10.7 Å². The second-order valence-electron chi connectivity index (χ2n) is 6.92. The molecule has 0 unspecified atom stereocenters. The summed E-state index contributed by atoms with van der Waals surface area (Å²) in [7, 11) is 1.53. The van der Waals surface area contributed by atoms with Crippen molar-refractivity contribution < 1.29 is 9.84 Å². The van der Waals surface area contributed by atoms with Gasteiger partial charge in [-0.05, 0) is 44.2 Å². The molecule has 0 amide bonds. The van der Waals surface area contributed by atoms with Crippen molar-refractivity contribution in [2.45, 2.75) is 13.8 Å². The minimum Gasteiger partial charge on any atom is -0.512 e. The van der Waals surface area contributed by atoms with Crippen molar-refractivity contribution in [3.05, 3.63) is 59.5 Å². The molecule has 3 N–H and O–H groups in total. The van der Waals surface area contributed by atoms with Crippen LogP contribution in [0.4, 0.5) is 11.6 Å². The Morgan fingerprint density at radius 2 is 1.94 bits per heavy atom. The number of fused-ring (bicyclic) bond motifs is 3. The van der Waals surface area contributed by atoms with Crippen LogP contribution in [0.25, 0.3) is 22.3 Å². The van der Waals surface area contributed by atoms with E-state index >= 15 is 0 Å². The first kappa shape index (κ1) is 19.8. The molecule has 4 aromatic rings. The van der Waals surface area contributed by atoms with Gasteiger partial charge < -0.3 is 20.6 Å². The summed E-state index contributed by atoms with van der Waals surface area (Å²) in [4.78, 5) is 4.47. The lowest BCUT2D eigenvalue weighted by molar-refractivity contribution is 0.409. The number of benzene rings is 2. The Kier molecular flexibility index (Phi) is 4.97. The summed E-state index contributed by atoms with van der Waals surface area (Å²) >= 11 is 0. The number of ether oxygens (including phenoxy) is 1. The molecule has 0 saturated carbocycles. The largest absolute Gasteiger partial charge is 0.512 e. The van der Waals surface area contributed by atoms with Crippen molar-refractivity contribution in [3.8, 4) is 11.8 Å². The van der Waals surface area contributed by atoms with Crippen LogP contribution >= 0.6 is 0 Å². The average molecular weight is 413 g/mol. The molecule has 9 nitrogen and oxygen atoms in total. The number of nitrogens with zero attached hydrogens (tertiary/aromatic N) is 5. The molecule has 0 aliphatic carbocycles. The van der Waals surface area contributed by atoms with Gasteiger partial charge in [-0.2, -0.15) is 5.26 Å². The third-order valence-electron chi connectivity index (χ3n) is 4.82. The van der Waals surface area contributed by atoms with E-state index in [9.17, 15) is 5.11 Å². The summed E-state index contributed by atoms with van der Waals surface area (Å²) in [5.41, 5.74) is 4.34. The standard InChI is InChI=1S/C22H19N7O2/c1-12(24)21(13(2)30)16-8-17-18(9-19(16)31-3)29-20(11-25-17)27-28-22(29)26-15-6-4-14(10-23)5-7-15/h4-9,11,24,30H,1-3H3,(H,26,28)/b21-13+,24-12?. The summed E-state index contributed by atoms with van der Waals surface area (Å²) in [5.74, 6) is 0.979. The number of nitrogens with one attached hydrogen (secondary N) is 2. The van der Waals surface area contributed by atoms with Gasteiger partial charge in [-0.1, -0.05) is 0 Å². The number of methoxy groups -OCH3 is 1. The molecule has 0 aliphatic rings. The van der Waals surface area contributed by atoms with E-state index in [-0.39, 0.29) is 11.5 Å². The van der Waals surface area contributed by atoms with Crippen molar-refractivity contribution in [1.82, 2.24) is 19.6 Å². The van der Waals surface area contributed by atoms with E-state index in [4.69, 9.17) is 15.4 Å². The minimum absolute atomic E-state index is 0.0266. The predicted molar refractivity (Wildman–Crippen MR) is 118 cm³/mol. The summed E-state index contributed by atoms with van der Waals surface area (Å²) in [5, 5.41) is 38.8. The molecule has 0 atom stereocenters. The lowest BCUT2D eigenvalue weighted by atomic mass is 9.99. The lowest BCUT2D eigenvalue weighted by Crippen LogP contribution is -2.04. The van der Waals surface area contributed by atoms with Crippen molar-refractivity contribution >= 4 is 39.6 Å². The van der Waals surface area contributed by atoms with Crippen molar-refractivity contribution in [3.63, 3.8) is 0 Å². The highest BCUT2D eigenvalue weighted by Gasteiger charge is 2.18. The quantitative estimate of drug-likeness (QED) is 0.329. The van der Waals surface area contributed by atoms with Gasteiger partial charge in [0.1, 0.15) is 5.75 Å². The SMILES string of the molecule is COc1cc2c(cc1/C(C(C)=N)=C(\C)O)ncc1nnc(Nc3ccc(C#N)cc3)n12. The molecule has 0 fully saturated rings. The predicted octanol–water partition coefficient (Wildman–Crippen LogP) is 4.23. The number of aliphatic hydroxyl groups excluding tert-OH is 1. The fourth-order valence-electron chi connectivity index (χ4n) is 3.46. The van der Waals surface area contributed by atoms with E-state index in [2.05, 4.69) is 26.6 Å². The molecule has 2 aromatic carbocycles. The highest BCUT2D eigenvalue weighted by molar-refractivity contribution is 6.22. The molecular weight excluding hydrogens is 394 g/mol. The Hall–Kier alpha value is -4.45. The second-order valence-corrected chi connectivity index (χ2v) is 6.92. The molecule has 9 heteroatoms. The molecule has 2 aromatic heterocycles. The third kappa shape index (κ3) is 3.51. The second kappa shape index (κ2) is 7.76. The lowest BCUT2D eigenvalue weighted by Gasteiger charge is -2.14. The number of rotatable bonds is 5. The number of nitriles is 1. The van der Waals surface area contributed by atoms with E-state index in [1.165, 1.54) is 14.0 Å². The van der Waals surface area contributed by atoms with Gasteiger partial charge in [0.15, 0.2) is 5.65 Å². The first-order chi connectivity index (χ1) is 14.9. The van der Waals surface area contributed by atoms with Gasteiger partial charge in [0.05, 0.1) is 41.7 Å². The fraction of sp³-hybridized carbons (Fsp3) is 0.136. The first-order valence-corrected chi connectivity index (χ1v) is 9.37. The highest BCUT2D eigenvalue weighted by Crippen LogP contribution is 2.33. The average Bonchev–Trinajstić information content (AvgIpc) is 3.16. The van der Waals surface area contributed by atoms with Crippen LogP contribution in [-0.2, 0) is 0 Å². The number of allylic oxidation sites excluding steroid dienone is 2. The van der Waals surface area contributed by atoms with Crippen LogP contribution in [0, 0.1) is 16.7 Å². The van der Waals surface area contributed by atoms with E-state index in [1.54, 1.807) is 53.9 Å². The first-order valence-electron chi connectivity index (χ1n) is 9.37. The zero-order valence-corrected chi connectivity index (χ0v) is 17.1. The van der Waals surface area contributed by atoms with Crippen LogP contribution in [0.3, 0.4) is 0 Å². The van der Waals surface area contributed by atoms with E-state index in [0.717, 1.165) is 5.69 Å². The number of aliphatic hydroxyl groups is 1. The molecule has 0 saturated heterocycles. The monoisotopic (exact) mass is 413 g/mol. The topological polar surface area (TPSA) is 132 Å². The molecule has 2 heterocycles. The zero-order valence-electron chi connectivity index (χ0n) is 17.1. The van der Waals surface area contributed by atoms with Crippen LogP contribution in [0.2, 0.25) is 0 Å². The highest BCUT2D eigenvalue weighted by atomic mass is 16.5. The summed E-state index contributed by atoms with van der Waals surface area (Å²) in [6.07, 6.45) is 1.60. The Balaban J connectivity index is 1.91. The molecule has 0 spiro atoms. The number of hydrogen-bond donors (Lipinski definition) is 3. The normalized spacial score (nSPS) is 11.8. The molecule has 154 valence electrons. The zero-order chi connectivity index (χ0) is 22.1. The van der Waals surface area contributed by atoms with Crippen LogP contribution in [0.15, 0.2) is 48.4 Å². The van der Waals surface area contributed by atoms with Crippen molar-refractivity contribution in [2.75, 3.05) is 12.4 Å². The van der Waals surface area contributed by atoms with Gasteiger partial charge in [-0.15, -0.1) is 10.2 Å². The van der Waals surface area contributed by atoms with Gasteiger partial charge in [0.25, 0.3) is 0 Å². The Morgan fingerprint density at radius 1 is 1.19 bits per heavy atom. The van der Waals surface area contributed by atoms with Gasteiger partial charge in [-0.3, -0.25) is 9.38 Å². The Labute approximate surface area is 177 Å². The molecule has 31 heavy (non-hydrogen) atoms.